The molecular weight excluding hydrogens is 386 g/mol. The topological polar surface area (TPSA) is 71.5 Å². The van der Waals surface area contributed by atoms with Crippen LogP contribution in [0.25, 0.3) is 10.6 Å². The van der Waals surface area contributed by atoms with Gasteiger partial charge in [-0.2, -0.15) is 0 Å². The molecule has 148 valence electrons. The first kappa shape index (κ1) is 19.1. The van der Waals surface area contributed by atoms with Crippen molar-refractivity contribution in [2.75, 3.05) is 30.4 Å². The third-order valence-electron chi connectivity index (χ3n) is 4.97. The summed E-state index contributed by atoms with van der Waals surface area (Å²) in [5, 5.41) is 5.55. The number of carbonyl (C=O) groups excluding carboxylic acids is 2. The Morgan fingerprint density at radius 3 is 2.69 bits per heavy atom. The van der Waals surface area contributed by atoms with E-state index in [1.54, 1.807) is 5.38 Å². The Bertz CT molecular complexity index is 1020. The van der Waals surface area contributed by atoms with Gasteiger partial charge in [0.1, 0.15) is 10.7 Å². The van der Waals surface area contributed by atoms with E-state index in [2.05, 4.69) is 15.2 Å². The molecule has 1 aliphatic rings. The Hall–Kier alpha value is -3.19. The first-order valence-corrected chi connectivity index (χ1v) is 10.3. The van der Waals surface area contributed by atoms with E-state index in [0.717, 1.165) is 29.2 Å². The van der Waals surface area contributed by atoms with Gasteiger partial charge in [-0.05, 0) is 18.6 Å². The van der Waals surface area contributed by atoms with E-state index < -0.39 is 0 Å². The average Bonchev–Trinajstić information content (AvgIpc) is 3.44. The molecule has 1 N–H and O–H groups in total. The van der Waals surface area contributed by atoms with Crippen LogP contribution in [0.3, 0.4) is 0 Å². The van der Waals surface area contributed by atoms with Crippen molar-refractivity contribution < 1.29 is 14.3 Å². The van der Waals surface area contributed by atoms with Gasteiger partial charge in [0.05, 0.1) is 24.4 Å². The molecule has 2 heterocycles. The molecule has 1 unspecified atom stereocenters. The lowest BCUT2D eigenvalue weighted by atomic mass is 10.1. The average molecular weight is 407 g/mol. The first-order valence-electron chi connectivity index (χ1n) is 9.40. The molecule has 0 spiro atoms. The molecule has 3 aromatic rings. The zero-order chi connectivity index (χ0) is 20.2. The van der Waals surface area contributed by atoms with E-state index >= 15 is 0 Å². The van der Waals surface area contributed by atoms with Gasteiger partial charge in [0, 0.05) is 24.0 Å². The van der Waals surface area contributed by atoms with Gasteiger partial charge < -0.3 is 15.0 Å². The van der Waals surface area contributed by atoms with Crippen molar-refractivity contribution in [3.63, 3.8) is 0 Å². The van der Waals surface area contributed by atoms with Gasteiger partial charge in [0.2, 0.25) is 0 Å². The maximum Gasteiger partial charge on any atom is 0.310 e. The molecule has 1 saturated heterocycles. The van der Waals surface area contributed by atoms with Crippen LogP contribution in [0.1, 0.15) is 16.9 Å². The van der Waals surface area contributed by atoms with Crippen molar-refractivity contribution in [1.82, 2.24) is 4.98 Å². The van der Waals surface area contributed by atoms with E-state index in [0.29, 0.717) is 17.9 Å². The third kappa shape index (κ3) is 4.14. The Balaban J connectivity index is 1.50. The summed E-state index contributed by atoms with van der Waals surface area (Å²) in [6.07, 6.45) is 0.738. The van der Waals surface area contributed by atoms with Gasteiger partial charge in [-0.1, -0.05) is 42.5 Å². The predicted octanol–water partition coefficient (Wildman–Crippen LogP) is 4.06. The Labute approximate surface area is 173 Å². The minimum atomic E-state index is -0.250. The van der Waals surface area contributed by atoms with Crippen LogP contribution >= 0.6 is 11.3 Å². The van der Waals surface area contributed by atoms with E-state index in [-0.39, 0.29) is 17.8 Å². The summed E-state index contributed by atoms with van der Waals surface area (Å²) in [7, 11) is 1.41. The van der Waals surface area contributed by atoms with Crippen molar-refractivity contribution in [3.05, 3.63) is 65.7 Å². The molecule has 7 heteroatoms. The molecule has 4 rings (SSSR count). The van der Waals surface area contributed by atoms with Crippen LogP contribution in [0, 0.1) is 5.92 Å². The zero-order valence-corrected chi connectivity index (χ0v) is 16.8. The van der Waals surface area contributed by atoms with Crippen LogP contribution in [0.15, 0.2) is 60.0 Å². The molecule has 1 fully saturated rings. The highest BCUT2D eigenvalue weighted by Crippen LogP contribution is 2.31. The SMILES string of the molecule is COC(=O)C1CCN(c2ccccc2NC(=O)c2csc(-c3ccccc3)n2)C1. The number of rotatable bonds is 5. The van der Waals surface area contributed by atoms with Crippen LogP contribution in [0.4, 0.5) is 11.4 Å². The molecule has 1 amide bonds. The number of aromatic nitrogens is 1. The predicted molar refractivity (Wildman–Crippen MR) is 114 cm³/mol. The molecule has 0 saturated carbocycles. The number of esters is 1. The summed E-state index contributed by atoms with van der Waals surface area (Å²) in [5.41, 5.74) is 2.98. The van der Waals surface area contributed by atoms with Crippen LogP contribution in [-0.4, -0.2) is 37.1 Å². The maximum atomic E-state index is 12.8. The molecule has 0 aliphatic carbocycles. The van der Waals surface area contributed by atoms with Gasteiger partial charge in [0.15, 0.2) is 0 Å². The van der Waals surface area contributed by atoms with Gasteiger partial charge >= 0.3 is 5.97 Å². The highest BCUT2D eigenvalue weighted by molar-refractivity contribution is 7.13. The number of thiazole rings is 1. The molecule has 29 heavy (non-hydrogen) atoms. The second-order valence-corrected chi connectivity index (χ2v) is 7.69. The van der Waals surface area contributed by atoms with Crippen molar-refractivity contribution in [2.24, 2.45) is 5.92 Å². The maximum absolute atomic E-state index is 12.8. The van der Waals surface area contributed by atoms with Crippen molar-refractivity contribution in [2.45, 2.75) is 6.42 Å². The number of nitrogens with zero attached hydrogens (tertiary/aromatic N) is 2. The second kappa shape index (κ2) is 8.45. The zero-order valence-electron chi connectivity index (χ0n) is 16.0. The summed E-state index contributed by atoms with van der Waals surface area (Å²) >= 11 is 1.44. The van der Waals surface area contributed by atoms with Crippen LogP contribution < -0.4 is 10.2 Å². The molecular formula is C22H21N3O3S. The Morgan fingerprint density at radius 1 is 1.14 bits per heavy atom. The van der Waals surface area contributed by atoms with E-state index in [1.807, 2.05) is 54.6 Å². The van der Waals surface area contributed by atoms with Gasteiger partial charge in [0.25, 0.3) is 5.91 Å². The Morgan fingerprint density at radius 2 is 1.90 bits per heavy atom. The summed E-state index contributed by atoms with van der Waals surface area (Å²) in [4.78, 5) is 31.2. The Kier molecular flexibility index (Phi) is 5.57. The lowest BCUT2D eigenvalue weighted by molar-refractivity contribution is -0.144. The largest absolute Gasteiger partial charge is 0.469 e. The quantitative estimate of drug-likeness (QED) is 0.646. The highest BCUT2D eigenvalue weighted by Gasteiger charge is 2.30. The number of hydrogen-bond donors (Lipinski definition) is 1. The molecule has 1 aliphatic heterocycles. The lowest BCUT2D eigenvalue weighted by Gasteiger charge is -2.22. The van der Waals surface area contributed by atoms with E-state index in [1.165, 1.54) is 18.4 Å². The first-order chi connectivity index (χ1) is 14.2. The summed E-state index contributed by atoms with van der Waals surface area (Å²) < 4.78 is 4.87. The number of carbonyl (C=O) groups is 2. The van der Waals surface area contributed by atoms with Crippen molar-refractivity contribution in [3.8, 4) is 10.6 Å². The van der Waals surface area contributed by atoms with E-state index in [9.17, 15) is 9.59 Å². The molecule has 0 radical (unpaired) electrons. The third-order valence-corrected chi connectivity index (χ3v) is 5.86. The number of ether oxygens (including phenoxy) is 1. The monoisotopic (exact) mass is 407 g/mol. The molecule has 2 aromatic carbocycles. The fourth-order valence-electron chi connectivity index (χ4n) is 3.47. The minimum Gasteiger partial charge on any atom is -0.469 e. The summed E-state index contributed by atoms with van der Waals surface area (Å²) in [6.45, 7) is 1.32. The normalized spacial score (nSPS) is 15.9. The number of para-hydroxylation sites is 2. The second-order valence-electron chi connectivity index (χ2n) is 6.83. The smallest absolute Gasteiger partial charge is 0.310 e. The minimum absolute atomic E-state index is 0.143. The fraction of sp³-hybridized carbons (Fsp3) is 0.227. The van der Waals surface area contributed by atoms with Crippen molar-refractivity contribution >= 4 is 34.6 Å². The highest BCUT2D eigenvalue weighted by atomic mass is 32.1. The lowest BCUT2D eigenvalue weighted by Crippen LogP contribution is -2.25. The van der Waals surface area contributed by atoms with Crippen LogP contribution in [0.5, 0.6) is 0 Å². The molecule has 1 aromatic heterocycles. The number of benzene rings is 2. The number of hydrogen-bond acceptors (Lipinski definition) is 6. The van der Waals surface area contributed by atoms with Gasteiger partial charge in [-0.15, -0.1) is 11.3 Å². The summed E-state index contributed by atoms with van der Waals surface area (Å²) in [5.74, 6) is -0.583. The van der Waals surface area contributed by atoms with Gasteiger partial charge in [-0.25, -0.2) is 4.98 Å². The number of nitrogens with one attached hydrogen (secondary N) is 1. The number of amides is 1. The summed E-state index contributed by atoms with van der Waals surface area (Å²) in [6, 6.07) is 17.4. The van der Waals surface area contributed by atoms with Crippen LogP contribution in [-0.2, 0) is 9.53 Å². The molecule has 6 nitrogen and oxygen atoms in total. The molecule has 0 bridgehead atoms. The molecule has 1 atom stereocenters. The fourth-order valence-corrected chi connectivity index (χ4v) is 4.28. The van der Waals surface area contributed by atoms with E-state index in [4.69, 9.17) is 4.74 Å². The van der Waals surface area contributed by atoms with Crippen LogP contribution in [0.2, 0.25) is 0 Å². The standard InChI is InChI=1S/C22H21N3O3S/c1-28-22(27)16-11-12-25(13-16)19-10-6-5-9-17(19)23-20(26)18-14-29-21(24-18)15-7-3-2-4-8-15/h2-10,14,16H,11-13H2,1H3,(H,23,26). The van der Waals surface area contributed by atoms with Gasteiger partial charge in [-0.3, -0.25) is 9.59 Å². The number of anilines is 2. The van der Waals surface area contributed by atoms with Crippen molar-refractivity contribution in [1.29, 1.82) is 0 Å². The number of methoxy groups -OCH3 is 1.